The minimum atomic E-state index is -1.18. The van der Waals surface area contributed by atoms with E-state index in [2.05, 4.69) is 24.9 Å². The Hall–Kier alpha value is -1.92. The number of ketones is 1. The van der Waals surface area contributed by atoms with Crippen LogP contribution < -0.4 is 5.32 Å². The monoisotopic (exact) mass is 607 g/mol. The predicted octanol–water partition coefficient (Wildman–Crippen LogP) is 3.95. The summed E-state index contributed by atoms with van der Waals surface area (Å²) in [7, 11) is 4.73. The second kappa shape index (κ2) is 17.5. The van der Waals surface area contributed by atoms with Crippen molar-refractivity contribution in [1.82, 2.24) is 5.32 Å². The SMILES string of the molecule is C=C(CCNC(=O)CC/C=C/C[C@H](CCCCCCC)OC)[C@]12O[C@H]1[C@H](OC1OCC(OC)C(O)C1OC)C=C(C)C2=O. The maximum absolute atomic E-state index is 13.2. The van der Waals surface area contributed by atoms with Gasteiger partial charge in [0.05, 0.1) is 12.7 Å². The highest BCUT2D eigenvalue weighted by Crippen LogP contribution is 2.51. The normalized spacial score (nSPS) is 31.0. The number of hydrogen-bond acceptors (Lipinski definition) is 9. The third kappa shape index (κ3) is 9.29. The molecule has 2 N–H and O–H groups in total. The Morgan fingerprint density at radius 1 is 1.19 bits per heavy atom. The summed E-state index contributed by atoms with van der Waals surface area (Å²) in [6.45, 7) is 8.58. The van der Waals surface area contributed by atoms with Gasteiger partial charge in [0.1, 0.15) is 30.5 Å². The van der Waals surface area contributed by atoms with E-state index in [1.165, 1.54) is 46.3 Å². The van der Waals surface area contributed by atoms with Crippen LogP contribution in [0.5, 0.6) is 0 Å². The number of ether oxygens (including phenoxy) is 6. The minimum absolute atomic E-state index is 0.0531. The third-order valence-corrected chi connectivity index (χ3v) is 8.68. The highest BCUT2D eigenvalue weighted by atomic mass is 16.7. The highest BCUT2D eigenvalue weighted by molar-refractivity contribution is 6.07. The fourth-order valence-electron chi connectivity index (χ4n) is 5.91. The van der Waals surface area contributed by atoms with E-state index < -0.39 is 42.4 Å². The largest absolute Gasteiger partial charge is 0.387 e. The summed E-state index contributed by atoms with van der Waals surface area (Å²) in [6.07, 6.45) is 11.4. The third-order valence-electron chi connectivity index (χ3n) is 8.68. The van der Waals surface area contributed by atoms with E-state index in [1.807, 2.05) is 6.08 Å². The molecule has 2 aliphatic heterocycles. The van der Waals surface area contributed by atoms with Gasteiger partial charge >= 0.3 is 0 Å². The average Bonchev–Trinajstić information content (AvgIpc) is 3.76. The molecule has 2 saturated heterocycles. The Bertz CT molecular complexity index is 981. The topological polar surface area (TPSA) is 125 Å². The lowest BCUT2D eigenvalue weighted by molar-refractivity contribution is -0.287. The lowest BCUT2D eigenvalue weighted by Gasteiger charge is -2.39. The number of Topliss-reactive ketones (excluding diaryl/α,β-unsaturated/α-hetero) is 1. The first kappa shape index (κ1) is 35.6. The number of carbonyl (C=O) groups excluding carboxylic acids is 2. The Balaban J connectivity index is 1.40. The van der Waals surface area contributed by atoms with E-state index in [9.17, 15) is 14.7 Å². The molecular formula is C33H53NO9. The van der Waals surface area contributed by atoms with Crippen molar-refractivity contribution < 1.29 is 43.1 Å². The van der Waals surface area contributed by atoms with Crippen LogP contribution in [0.15, 0.2) is 36.0 Å². The lowest BCUT2D eigenvalue weighted by atomic mass is 9.80. The van der Waals surface area contributed by atoms with E-state index in [4.69, 9.17) is 28.4 Å². The van der Waals surface area contributed by atoms with Crippen LogP contribution in [-0.2, 0) is 38.0 Å². The minimum Gasteiger partial charge on any atom is -0.387 e. The summed E-state index contributed by atoms with van der Waals surface area (Å²) < 4.78 is 34.2. The average molecular weight is 608 g/mol. The van der Waals surface area contributed by atoms with E-state index in [0.717, 1.165) is 12.8 Å². The van der Waals surface area contributed by atoms with Gasteiger partial charge in [-0.15, -0.1) is 0 Å². The summed E-state index contributed by atoms with van der Waals surface area (Å²) in [5, 5.41) is 13.5. The Kier molecular flexibility index (Phi) is 14.5. The molecule has 2 fully saturated rings. The molecule has 0 radical (unpaired) electrons. The molecule has 0 aromatic heterocycles. The number of unbranched alkanes of at least 4 members (excludes halogenated alkanes) is 4. The Labute approximate surface area is 257 Å². The Morgan fingerprint density at radius 2 is 1.95 bits per heavy atom. The fourth-order valence-corrected chi connectivity index (χ4v) is 5.91. The summed E-state index contributed by atoms with van der Waals surface area (Å²) >= 11 is 0. The van der Waals surface area contributed by atoms with Crippen molar-refractivity contribution in [2.24, 2.45) is 0 Å². The molecule has 3 rings (SSSR count). The van der Waals surface area contributed by atoms with Gasteiger partial charge in [0.2, 0.25) is 5.91 Å². The molecule has 0 aromatic rings. The number of epoxide rings is 1. The van der Waals surface area contributed by atoms with Crippen LogP contribution in [0.3, 0.4) is 0 Å². The number of allylic oxidation sites excluding steroid dienone is 1. The summed E-state index contributed by atoms with van der Waals surface area (Å²) in [5.41, 5.74) is -0.0881. The zero-order valence-electron chi connectivity index (χ0n) is 26.7. The van der Waals surface area contributed by atoms with Crippen LogP contribution in [0, 0.1) is 0 Å². The zero-order chi connectivity index (χ0) is 31.4. The summed E-state index contributed by atoms with van der Waals surface area (Å²) in [4.78, 5) is 25.6. The number of methoxy groups -OCH3 is 3. The van der Waals surface area contributed by atoms with Crippen molar-refractivity contribution in [1.29, 1.82) is 0 Å². The number of nitrogens with one attached hydrogen (secondary N) is 1. The highest BCUT2D eigenvalue weighted by Gasteiger charge is 2.69. The molecule has 0 bridgehead atoms. The van der Waals surface area contributed by atoms with Gasteiger partial charge in [-0.1, -0.05) is 57.8 Å². The van der Waals surface area contributed by atoms with Gasteiger partial charge in [-0.05, 0) is 49.8 Å². The number of amides is 1. The van der Waals surface area contributed by atoms with Gasteiger partial charge in [-0.3, -0.25) is 9.59 Å². The van der Waals surface area contributed by atoms with Crippen LogP contribution in [0.25, 0.3) is 0 Å². The fraction of sp³-hybridized carbons (Fsp3) is 0.758. The Morgan fingerprint density at radius 3 is 2.65 bits per heavy atom. The molecule has 0 saturated carbocycles. The molecular weight excluding hydrogens is 554 g/mol. The van der Waals surface area contributed by atoms with Crippen molar-refractivity contribution in [2.45, 2.75) is 127 Å². The number of rotatable bonds is 20. The lowest BCUT2D eigenvalue weighted by Crippen LogP contribution is -2.56. The van der Waals surface area contributed by atoms with E-state index in [0.29, 0.717) is 37.0 Å². The summed E-state index contributed by atoms with van der Waals surface area (Å²) in [6, 6.07) is 0. The van der Waals surface area contributed by atoms with E-state index in [-0.39, 0.29) is 24.4 Å². The molecule has 244 valence electrons. The van der Waals surface area contributed by atoms with Crippen LogP contribution in [0.2, 0.25) is 0 Å². The van der Waals surface area contributed by atoms with Crippen LogP contribution in [-0.4, -0.2) is 99.8 Å². The van der Waals surface area contributed by atoms with Gasteiger partial charge < -0.3 is 38.8 Å². The van der Waals surface area contributed by atoms with Gasteiger partial charge in [-0.25, -0.2) is 0 Å². The molecule has 10 nitrogen and oxygen atoms in total. The molecule has 10 heteroatoms. The molecule has 4 unspecified atom stereocenters. The van der Waals surface area contributed by atoms with E-state index in [1.54, 1.807) is 20.1 Å². The quantitative estimate of drug-likeness (QED) is 0.120. The van der Waals surface area contributed by atoms with Gasteiger partial charge in [-0.2, -0.15) is 0 Å². The molecule has 2 heterocycles. The first-order chi connectivity index (χ1) is 20.7. The second-order valence-corrected chi connectivity index (χ2v) is 11.7. The van der Waals surface area contributed by atoms with Gasteiger partial charge in [0.15, 0.2) is 17.7 Å². The predicted molar refractivity (Wildman–Crippen MR) is 163 cm³/mol. The number of fused-ring (bicyclic) bond motifs is 1. The first-order valence-corrected chi connectivity index (χ1v) is 15.8. The van der Waals surface area contributed by atoms with Crippen molar-refractivity contribution in [3.63, 3.8) is 0 Å². The first-order valence-electron chi connectivity index (χ1n) is 15.8. The molecule has 1 amide bonds. The smallest absolute Gasteiger partial charge is 0.220 e. The maximum atomic E-state index is 13.2. The van der Waals surface area contributed by atoms with Crippen molar-refractivity contribution in [3.05, 3.63) is 36.0 Å². The molecule has 43 heavy (non-hydrogen) atoms. The molecule has 8 atom stereocenters. The number of carbonyl (C=O) groups is 2. The van der Waals surface area contributed by atoms with Crippen LogP contribution >= 0.6 is 0 Å². The van der Waals surface area contributed by atoms with E-state index >= 15 is 0 Å². The zero-order valence-corrected chi connectivity index (χ0v) is 26.7. The number of hydrogen-bond donors (Lipinski definition) is 2. The molecule has 1 aliphatic carbocycles. The van der Waals surface area contributed by atoms with Crippen LogP contribution in [0.1, 0.15) is 78.1 Å². The summed E-state index contributed by atoms with van der Waals surface area (Å²) in [5.74, 6) is -0.205. The number of aliphatic hydroxyl groups is 1. The van der Waals surface area contributed by atoms with Crippen molar-refractivity contribution in [2.75, 3.05) is 34.5 Å². The number of aliphatic hydroxyl groups excluding tert-OH is 1. The maximum Gasteiger partial charge on any atom is 0.220 e. The molecule has 0 spiro atoms. The molecule has 0 aromatic carbocycles. The van der Waals surface area contributed by atoms with Gasteiger partial charge in [0.25, 0.3) is 0 Å². The van der Waals surface area contributed by atoms with Gasteiger partial charge in [0, 0.05) is 34.3 Å². The molecule has 3 aliphatic rings. The van der Waals surface area contributed by atoms with Crippen molar-refractivity contribution in [3.8, 4) is 0 Å². The van der Waals surface area contributed by atoms with Crippen molar-refractivity contribution >= 4 is 11.7 Å². The standard InChI is InChI=1S/C33H53NO9/c1-7-8-9-10-12-15-24(38-4)16-13-11-14-17-27(35)34-19-18-23(3)33-30(37)22(2)20-25(31(33)43-33)42-32-29(40-6)28(36)26(39-5)21-41-32/h11,13,20,24-26,28-29,31-32,36H,3,7-10,12,14-19,21H2,1-2,4-6H3,(H,34,35)/b13-11+/t24-,25+,26?,28?,29?,31-,32?,33+/m0/s1. The second-order valence-electron chi connectivity index (χ2n) is 11.7. The van der Waals surface area contributed by atoms with Crippen LogP contribution in [0.4, 0.5) is 0 Å².